The van der Waals surface area contributed by atoms with Crippen molar-refractivity contribution >= 4 is 29.8 Å². The van der Waals surface area contributed by atoms with Crippen molar-refractivity contribution in [2.75, 3.05) is 6.54 Å². The normalized spacial score (nSPS) is 9.95. The summed E-state index contributed by atoms with van der Waals surface area (Å²) in [6.07, 6.45) is -0.232. The maximum absolute atomic E-state index is 11.8. The molecule has 0 saturated heterocycles. The first-order valence-corrected chi connectivity index (χ1v) is 5.53. The number of hydrogen-bond acceptors (Lipinski definition) is 4. The molecule has 1 aromatic rings. The number of benzene rings is 1. The van der Waals surface area contributed by atoms with Gasteiger partial charge in [0.2, 0.25) is 0 Å². The minimum Gasteiger partial charge on any atom is -0.465 e. The molecule has 19 heavy (non-hydrogen) atoms. The topological polar surface area (TPSA) is 93.8 Å². The molecule has 6 nitrogen and oxygen atoms in total. The highest BCUT2D eigenvalue weighted by atomic mass is 16.4. The van der Waals surface area contributed by atoms with Gasteiger partial charge < -0.3 is 5.11 Å². The lowest BCUT2D eigenvalue weighted by atomic mass is 10.2. The van der Waals surface area contributed by atoms with E-state index in [1.807, 2.05) is 11.9 Å². The quantitative estimate of drug-likeness (QED) is 0.640. The Balaban J connectivity index is 2.91. The first kappa shape index (κ1) is 14.3. The molecule has 0 aromatic heterocycles. The van der Waals surface area contributed by atoms with Gasteiger partial charge in [-0.15, -0.1) is 0 Å². The van der Waals surface area contributed by atoms with E-state index < -0.39 is 12.0 Å². The number of para-hydroxylation sites is 1. The smallest absolute Gasteiger partial charge is 0.414 e. The molecular formula is C13H13N3O3. The molecule has 0 heterocycles. The molecule has 2 amide bonds. The Labute approximate surface area is 110 Å². The fourth-order valence-electron chi connectivity index (χ4n) is 1.31. The zero-order valence-electron chi connectivity index (χ0n) is 10.3. The van der Waals surface area contributed by atoms with Crippen LogP contribution in [0.4, 0.5) is 10.5 Å². The van der Waals surface area contributed by atoms with Crippen LogP contribution in [0.2, 0.25) is 0 Å². The standard InChI is InChI=1S/C13H13N3O3/c1-2-16(13(18)19)12(17)10(8-14)9-15-11-6-4-3-5-7-11/h3-7,9,14H,2H2,1H3,(H,18,19). The number of amides is 2. The van der Waals surface area contributed by atoms with Crippen molar-refractivity contribution in [1.82, 2.24) is 4.90 Å². The monoisotopic (exact) mass is 259 g/mol. The summed E-state index contributed by atoms with van der Waals surface area (Å²) in [5, 5.41) is 15.9. The van der Waals surface area contributed by atoms with Crippen LogP contribution in [-0.4, -0.2) is 40.6 Å². The lowest BCUT2D eigenvalue weighted by Crippen LogP contribution is -2.36. The van der Waals surface area contributed by atoms with Crippen molar-refractivity contribution in [2.45, 2.75) is 6.92 Å². The number of aliphatic imine (C=N–C) groups is 1. The highest BCUT2D eigenvalue weighted by Gasteiger charge is 2.21. The van der Waals surface area contributed by atoms with Gasteiger partial charge in [-0.1, -0.05) is 18.2 Å². The van der Waals surface area contributed by atoms with Gasteiger partial charge in [-0.2, -0.15) is 0 Å². The van der Waals surface area contributed by atoms with Gasteiger partial charge in [0.25, 0.3) is 5.91 Å². The summed E-state index contributed by atoms with van der Waals surface area (Å²) in [7, 11) is 0. The summed E-state index contributed by atoms with van der Waals surface area (Å²) >= 11 is 0. The number of likely N-dealkylation sites (N-methyl/N-ethyl adjacent to an activating group) is 1. The average molecular weight is 259 g/mol. The second-order valence-electron chi connectivity index (χ2n) is 3.46. The van der Waals surface area contributed by atoms with Gasteiger partial charge in [0.1, 0.15) is 5.57 Å². The third-order valence-corrected chi connectivity index (χ3v) is 2.26. The van der Waals surface area contributed by atoms with E-state index in [4.69, 9.17) is 10.5 Å². The van der Waals surface area contributed by atoms with Gasteiger partial charge in [-0.3, -0.25) is 15.2 Å². The van der Waals surface area contributed by atoms with Crippen molar-refractivity contribution in [3.63, 3.8) is 0 Å². The zero-order chi connectivity index (χ0) is 14.3. The Morgan fingerprint density at radius 3 is 2.53 bits per heavy atom. The Morgan fingerprint density at radius 2 is 2.05 bits per heavy atom. The Morgan fingerprint density at radius 1 is 1.42 bits per heavy atom. The largest absolute Gasteiger partial charge is 0.465 e. The van der Waals surface area contributed by atoms with Gasteiger partial charge in [0.05, 0.1) is 5.69 Å². The highest BCUT2D eigenvalue weighted by Crippen LogP contribution is 2.09. The van der Waals surface area contributed by atoms with Crippen LogP contribution in [0.1, 0.15) is 6.92 Å². The van der Waals surface area contributed by atoms with Crippen LogP contribution < -0.4 is 0 Å². The lowest BCUT2D eigenvalue weighted by Gasteiger charge is -2.13. The van der Waals surface area contributed by atoms with Gasteiger partial charge in [-0.05, 0) is 24.9 Å². The summed E-state index contributed by atoms with van der Waals surface area (Å²) in [6, 6.07) is 8.81. The number of carboxylic acid groups (broad SMARTS) is 1. The molecule has 2 N–H and O–H groups in total. The van der Waals surface area contributed by atoms with Gasteiger partial charge in [0.15, 0.2) is 0 Å². The molecule has 98 valence electrons. The van der Waals surface area contributed by atoms with Crippen LogP contribution in [0.25, 0.3) is 0 Å². The minimum atomic E-state index is -1.37. The van der Waals surface area contributed by atoms with Crippen LogP contribution in [0.5, 0.6) is 0 Å². The van der Waals surface area contributed by atoms with E-state index in [9.17, 15) is 9.59 Å². The first-order valence-electron chi connectivity index (χ1n) is 5.53. The van der Waals surface area contributed by atoms with E-state index in [2.05, 4.69) is 4.99 Å². The van der Waals surface area contributed by atoms with Crippen molar-refractivity contribution in [3.05, 3.63) is 35.9 Å². The SMILES string of the molecule is CCN(C(=O)O)C(=O)C(=C=N)C=Nc1ccccc1. The Kier molecular flexibility index (Phi) is 5.19. The number of hydrogen-bond donors (Lipinski definition) is 2. The van der Waals surface area contributed by atoms with Gasteiger partial charge >= 0.3 is 6.09 Å². The molecule has 0 fully saturated rings. The molecule has 0 spiro atoms. The van der Waals surface area contributed by atoms with Gasteiger partial charge in [0, 0.05) is 12.8 Å². The predicted octanol–water partition coefficient (Wildman–Crippen LogP) is 2.09. The molecule has 0 aliphatic heterocycles. The molecule has 0 unspecified atom stereocenters. The second kappa shape index (κ2) is 6.88. The Bertz CT molecular complexity index is 546. The third kappa shape index (κ3) is 3.90. The second-order valence-corrected chi connectivity index (χ2v) is 3.46. The minimum absolute atomic E-state index is 0.00146. The first-order chi connectivity index (χ1) is 9.10. The molecule has 1 rings (SSSR count). The molecule has 0 bridgehead atoms. The van der Waals surface area contributed by atoms with Crippen LogP contribution >= 0.6 is 0 Å². The molecule has 0 aliphatic rings. The predicted molar refractivity (Wildman–Crippen MR) is 71.2 cm³/mol. The summed E-state index contributed by atoms with van der Waals surface area (Å²) in [6.45, 7) is 1.53. The summed E-state index contributed by atoms with van der Waals surface area (Å²) in [5.74, 6) is 1.09. The van der Waals surface area contributed by atoms with Crippen LogP contribution in [0, 0.1) is 5.41 Å². The number of carbonyl (C=O) groups is 2. The van der Waals surface area contributed by atoms with E-state index in [1.165, 1.54) is 6.92 Å². The molecular weight excluding hydrogens is 246 g/mol. The van der Waals surface area contributed by atoms with E-state index in [1.54, 1.807) is 24.3 Å². The summed E-state index contributed by atoms with van der Waals surface area (Å²) in [4.78, 5) is 27.2. The van der Waals surface area contributed by atoms with Crippen LogP contribution in [-0.2, 0) is 4.79 Å². The zero-order valence-corrected chi connectivity index (χ0v) is 10.3. The number of imide groups is 1. The summed E-state index contributed by atoms with van der Waals surface area (Å²) < 4.78 is 0. The fraction of sp³-hybridized carbons (Fsp3) is 0.154. The molecule has 6 heteroatoms. The van der Waals surface area contributed by atoms with Crippen LogP contribution in [0.15, 0.2) is 40.9 Å². The van der Waals surface area contributed by atoms with Gasteiger partial charge in [-0.25, -0.2) is 9.69 Å². The number of rotatable bonds is 4. The van der Waals surface area contributed by atoms with Crippen molar-refractivity contribution < 1.29 is 14.7 Å². The van der Waals surface area contributed by atoms with Crippen molar-refractivity contribution in [3.8, 4) is 0 Å². The van der Waals surface area contributed by atoms with E-state index >= 15 is 0 Å². The van der Waals surface area contributed by atoms with E-state index in [0.717, 1.165) is 6.21 Å². The highest BCUT2D eigenvalue weighted by molar-refractivity contribution is 6.21. The summed E-state index contributed by atoms with van der Waals surface area (Å²) in [5.41, 5.74) is 0.384. The number of nitrogens with one attached hydrogen (secondary N) is 1. The van der Waals surface area contributed by atoms with E-state index in [0.29, 0.717) is 10.6 Å². The van der Waals surface area contributed by atoms with Crippen molar-refractivity contribution in [2.24, 2.45) is 4.99 Å². The third-order valence-electron chi connectivity index (χ3n) is 2.26. The number of nitrogens with zero attached hydrogens (tertiary/aromatic N) is 2. The molecule has 0 atom stereocenters. The molecule has 0 saturated carbocycles. The van der Waals surface area contributed by atoms with Crippen molar-refractivity contribution in [1.29, 1.82) is 5.41 Å². The van der Waals surface area contributed by atoms with E-state index in [-0.39, 0.29) is 12.1 Å². The molecule has 0 radical (unpaired) electrons. The number of carbonyl (C=O) groups excluding carboxylic acids is 1. The van der Waals surface area contributed by atoms with Crippen LogP contribution in [0.3, 0.4) is 0 Å². The lowest BCUT2D eigenvalue weighted by molar-refractivity contribution is -0.124. The maximum atomic E-state index is 11.8. The average Bonchev–Trinajstić information content (AvgIpc) is 2.41. The molecule has 1 aromatic carbocycles. The fourth-order valence-corrected chi connectivity index (χ4v) is 1.31. The Hall–Kier alpha value is -2.72. The maximum Gasteiger partial charge on any atom is 0.414 e. The molecule has 0 aliphatic carbocycles.